The van der Waals surface area contributed by atoms with Crippen LogP contribution < -0.4 is 10.6 Å². The zero-order chi connectivity index (χ0) is 20.5. The van der Waals surface area contributed by atoms with Crippen molar-refractivity contribution in [3.05, 3.63) is 82.8 Å². The number of allylic oxidation sites excluding steroid dienone is 1. The highest BCUT2D eigenvalue weighted by molar-refractivity contribution is 5.91. The number of carbonyl (C=O) groups excluding carboxylic acids is 2. The van der Waals surface area contributed by atoms with Crippen LogP contribution in [-0.2, 0) is 20.8 Å². The summed E-state index contributed by atoms with van der Waals surface area (Å²) in [5, 5.41) is 5.74. The van der Waals surface area contributed by atoms with Crippen LogP contribution in [-0.4, -0.2) is 26.3 Å². The van der Waals surface area contributed by atoms with Crippen LogP contribution in [0.2, 0.25) is 0 Å². The summed E-state index contributed by atoms with van der Waals surface area (Å²) in [6.45, 7) is 2.15. The first kappa shape index (κ1) is 21.0. The largest absolute Gasteiger partial charge is 0.466 e. The Balaban J connectivity index is 2.43. The van der Waals surface area contributed by atoms with E-state index in [9.17, 15) is 14.0 Å². The SMILES string of the molecule is COC(=O)N[C@H](/C(C(=O)OC)=C(\C)NCc1ccccc1)c1cccc(F)c1. The summed E-state index contributed by atoms with van der Waals surface area (Å²) in [7, 11) is 2.45. The van der Waals surface area contributed by atoms with Gasteiger partial charge in [-0.15, -0.1) is 0 Å². The molecule has 148 valence electrons. The van der Waals surface area contributed by atoms with Crippen LogP contribution >= 0.6 is 0 Å². The standard InChI is InChI=1S/C21H23FN2O4/c1-14(23-13-15-8-5-4-6-9-15)18(20(25)27-2)19(24-21(26)28-3)16-10-7-11-17(22)12-16/h4-12,19,23H,13H2,1-3H3,(H,24,26)/b18-14-/t19-/m0/s1. The lowest BCUT2D eigenvalue weighted by atomic mass is 9.96. The lowest BCUT2D eigenvalue weighted by Crippen LogP contribution is -2.34. The number of carbonyl (C=O) groups is 2. The van der Waals surface area contributed by atoms with E-state index in [1.165, 1.54) is 32.4 Å². The molecule has 6 nitrogen and oxygen atoms in total. The molecular weight excluding hydrogens is 363 g/mol. The van der Waals surface area contributed by atoms with Gasteiger partial charge in [-0.2, -0.15) is 0 Å². The minimum atomic E-state index is -0.959. The van der Waals surface area contributed by atoms with Gasteiger partial charge in [0.2, 0.25) is 0 Å². The first-order chi connectivity index (χ1) is 13.5. The minimum absolute atomic E-state index is 0.148. The molecule has 0 saturated heterocycles. The van der Waals surface area contributed by atoms with Crippen molar-refractivity contribution in [3.63, 3.8) is 0 Å². The van der Waals surface area contributed by atoms with Crippen LogP contribution in [0.1, 0.15) is 24.1 Å². The van der Waals surface area contributed by atoms with Gasteiger partial charge in [0, 0.05) is 12.2 Å². The summed E-state index contributed by atoms with van der Waals surface area (Å²) in [5.41, 5.74) is 2.02. The van der Waals surface area contributed by atoms with E-state index in [0.29, 0.717) is 17.8 Å². The molecule has 28 heavy (non-hydrogen) atoms. The highest BCUT2D eigenvalue weighted by atomic mass is 19.1. The molecule has 0 aliphatic rings. The van der Waals surface area contributed by atoms with Crippen molar-refractivity contribution >= 4 is 12.1 Å². The Kier molecular flexibility index (Phi) is 7.56. The fraction of sp³-hybridized carbons (Fsp3) is 0.238. The van der Waals surface area contributed by atoms with Gasteiger partial charge in [0.25, 0.3) is 0 Å². The molecule has 7 heteroatoms. The quantitative estimate of drug-likeness (QED) is 0.563. The van der Waals surface area contributed by atoms with Crippen molar-refractivity contribution in [2.24, 2.45) is 0 Å². The summed E-state index contributed by atoms with van der Waals surface area (Å²) >= 11 is 0. The van der Waals surface area contributed by atoms with E-state index >= 15 is 0 Å². The summed E-state index contributed by atoms with van der Waals surface area (Å²) < 4.78 is 23.3. The van der Waals surface area contributed by atoms with Gasteiger partial charge in [-0.3, -0.25) is 0 Å². The molecule has 0 heterocycles. The van der Waals surface area contributed by atoms with E-state index in [1.807, 2.05) is 30.3 Å². The molecule has 0 radical (unpaired) electrons. The molecule has 2 rings (SSSR count). The van der Waals surface area contributed by atoms with E-state index in [4.69, 9.17) is 4.74 Å². The number of esters is 1. The first-order valence-corrected chi connectivity index (χ1v) is 8.63. The molecule has 2 aromatic carbocycles. The van der Waals surface area contributed by atoms with Crippen LogP contribution in [0.3, 0.4) is 0 Å². The maximum atomic E-state index is 13.8. The Bertz CT molecular complexity index is 852. The molecule has 2 N–H and O–H groups in total. The van der Waals surface area contributed by atoms with Crippen LogP contribution in [0, 0.1) is 5.82 Å². The van der Waals surface area contributed by atoms with Gasteiger partial charge in [-0.25, -0.2) is 14.0 Å². The molecule has 0 unspecified atom stereocenters. The predicted molar refractivity (Wildman–Crippen MR) is 103 cm³/mol. The molecular formula is C21H23FN2O4. The lowest BCUT2D eigenvalue weighted by Gasteiger charge is -2.23. The molecule has 0 bridgehead atoms. The molecule has 0 aromatic heterocycles. The Hall–Kier alpha value is -3.35. The monoisotopic (exact) mass is 386 g/mol. The van der Waals surface area contributed by atoms with Crippen molar-refractivity contribution in [1.82, 2.24) is 10.6 Å². The second-order valence-corrected chi connectivity index (χ2v) is 5.99. The van der Waals surface area contributed by atoms with Gasteiger partial charge in [0.15, 0.2) is 0 Å². The van der Waals surface area contributed by atoms with E-state index in [1.54, 1.807) is 13.0 Å². The zero-order valence-corrected chi connectivity index (χ0v) is 16.0. The van der Waals surface area contributed by atoms with E-state index in [-0.39, 0.29) is 5.57 Å². The smallest absolute Gasteiger partial charge is 0.407 e. The minimum Gasteiger partial charge on any atom is -0.466 e. The van der Waals surface area contributed by atoms with Crippen molar-refractivity contribution in [1.29, 1.82) is 0 Å². The number of hydrogen-bond donors (Lipinski definition) is 2. The molecule has 0 aliphatic heterocycles. The molecule has 1 atom stereocenters. The molecule has 0 spiro atoms. The van der Waals surface area contributed by atoms with E-state index in [0.717, 1.165) is 5.56 Å². The number of nitrogens with one attached hydrogen (secondary N) is 2. The van der Waals surface area contributed by atoms with E-state index < -0.39 is 23.9 Å². The predicted octanol–water partition coefficient (Wildman–Crippen LogP) is 3.46. The fourth-order valence-electron chi connectivity index (χ4n) is 2.71. The average Bonchev–Trinajstić information content (AvgIpc) is 2.72. The van der Waals surface area contributed by atoms with Gasteiger partial charge in [-0.05, 0) is 30.2 Å². The number of halogens is 1. The Morgan fingerprint density at radius 2 is 1.75 bits per heavy atom. The van der Waals surface area contributed by atoms with Crippen molar-refractivity contribution in [2.75, 3.05) is 14.2 Å². The molecule has 0 saturated carbocycles. The molecule has 2 aromatic rings. The molecule has 0 fully saturated rings. The second-order valence-electron chi connectivity index (χ2n) is 5.99. The van der Waals surface area contributed by atoms with Gasteiger partial charge < -0.3 is 20.1 Å². The third-order valence-corrected chi connectivity index (χ3v) is 4.13. The summed E-state index contributed by atoms with van der Waals surface area (Å²) in [4.78, 5) is 24.4. The second kappa shape index (κ2) is 10.1. The van der Waals surface area contributed by atoms with Crippen molar-refractivity contribution < 1.29 is 23.5 Å². The Labute approximate surface area is 163 Å². The van der Waals surface area contributed by atoms with Gasteiger partial charge in [0.1, 0.15) is 5.82 Å². The third kappa shape index (κ3) is 5.57. The van der Waals surface area contributed by atoms with Crippen LogP contribution in [0.25, 0.3) is 0 Å². The summed E-state index contributed by atoms with van der Waals surface area (Å²) in [6.07, 6.45) is -0.758. The van der Waals surface area contributed by atoms with Gasteiger partial charge in [-0.1, -0.05) is 42.5 Å². The number of ether oxygens (including phenoxy) is 2. The Morgan fingerprint density at radius 3 is 2.36 bits per heavy atom. The zero-order valence-electron chi connectivity index (χ0n) is 16.0. The summed E-state index contributed by atoms with van der Waals surface area (Å²) in [5.74, 6) is -1.14. The van der Waals surface area contributed by atoms with Gasteiger partial charge >= 0.3 is 12.1 Å². The third-order valence-electron chi connectivity index (χ3n) is 4.13. The first-order valence-electron chi connectivity index (χ1n) is 8.63. The highest BCUT2D eigenvalue weighted by Crippen LogP contribution is 2.26. The average molecular weight is 386 g/mol. The maximum Gasteiger partial charge on any atom is 0.407 e. The van der Waals surface area contributed by atoms with Crippen LogP contribution in [0.4, 0.5) is 9.18 Å². The maximum absolute atomic E-state index is 13.8. The highest BCUT2D eigenvalue weighted by Gasteiger charge is 2.28. The normalized spacial score (nSPS) is 12.4. The number of rotatable bonds is 7. The van der Waals surface area contributed by atoms with E-state index in [2.05, 4.69) is 15.4 Å². The van der Waals surface area contributed by atoms with Crippen molar-refractivity contribution in [3.8, 4) is 0 Å². The van der Waals surface area contributed by atoms with Gasteiger partial charge in [0.05, 0.1) is 25.8 Å². The van der Waals surface area contributed by atoms with Crippen molar-refractivity contribution in [2.45, 2.75) is 19.5 Å². The Morgan fingerprint density at radius 1 is 1.04 bits per heavy atom. The molecule has 1 amide bonds. The number of amides is 1. The number of benzene rings is 2. The summed E-state index contributed by atoms with van der Waals surface area (Å²) in [6, 6.07) is 14.3. The molecule has 0 aliphatic carbocycles. The van der Waals surface area contributed by atoms with Crippen LogP contribution in [0.15, 0.2) is 65.9 Å². The number of hydrogen-bond acceptors (Lipinski definition) is 5. The number of alkyl carbamates (subject to hydrolysis) is 1. The fourth-order valence-corrected chi connectivity index (χ4v) is 2.71. The van der Waals surface area contributed by atoms with Crippen LogP contribution in [0.5, 0.6) is 0 Å². The lowest BCUT2D eigenvalue weighted by molar-refractivity contribution is -0.136. The number of methoxy groups -OCH3 is 2. The topological polar surface area (TPSA) is 76.7 Å².